The van der Waals surface area contributed by atoms with E-state index in [9.17, 15) is 9.59 Å². The fraction of sp³-hybridized carbons (Fsp3) is 0.684. The molecule has 0 aromatic rings. The van der Waals surface area contributed by atoms with Crippen LogP contribution in [0.15, 0.2) is 24.3 Å². The van der Waals surface area contributed by atoms with E-state index < -0.39 is 8.32 Å². The van der Waals surface area contributed by atoms with Crippen LogP contribution in [0.4, 0.5) is 0 Å². The zero-order chi connectivity index (χ0) is 18.6. The molecule has 0 amide bonds. The average molecular weight is 355 g/mol. The van der Waals surface area contributed by atoms with Crippen LogP contribution in [0.5, 0.6) is 0 Å². The van der Waals surface area contributed by atoms with Gasteiger partial charge in [-0.15, -0.1) is 6.58 Å². The Hall–Kier alpha value is -1.20. The van der Waals surface area contributed by atoms with E-state index in [0.717, 1.165) is 36.5 Å². The molecule has 0 fully saturated rings. The third-order valence-electron chi connectivity index (χ3n) is 4.61. The highest BCUT2D eigenvalue weighted by Gasteiger charge is 2.34. The van der Waals surface area contributed by atoms with E-state index in [0.29, 0.717) is 12.8 Å². The third kappa shape index (κ3) is 8.06. The van der Waals surface area contributed by atoms with Crippen LogP contribution in [-0.2, 0) is 18.8 Å². The third-order valence-corrected chi connectivity index (χ3v) is 9.28. The van der Waals surface area contributed by atoms with Gasteiger partial charge >= 0.3 is 5.97 Å². The first-order valence-corrected chi connectivity index (χ1v) is 11.5. The van der Waals surface area contributed by atoms with Gasteiger partial charge in [0.1, 0.15) is 0 Å². The lowest BCUT2D eigenvalue weighted by Crippen LogP contribution is -2.39. The zero-order valence-corrected chi connectivity index (χ0v) is 17.0. The van der Waals surface area contributed by atoms with Gasteiger partial charge in [-0.3, -0.25) is 9.59 Å². The van der Waals surface area contributed by atoms with Crippen LogP contribution in [0.25, 0.3) is 0 Å². The van der Waals surface area contributed by atoms with Crippen molar-refractivity contribution in [3.8, 4) is 0 Å². The molecular formula is C19H34O4Si. The number of Topliss-reactive ketones (excluding diaryl/α,β-unsaturated/α-hetero) is 1. The van der Waals surface area contributed by atoms with E-state index in [1.54, 1.807) is 6.08 Å². The van der Waals surface area contributed by atoms with Crippen molar-refractivity contribution in [1.82, 2.24) is 0 Å². The van der Waals surface area contributed by atoms with Gasteiger partial charge in [-0.2, -0.15) is 0 Å². The van der Waals surface area contributed by atoms with Crippen LogP contribution in [0.2, 0.25) is 18.1 Å². The van der Waals surface area contributed by atoms with Gasteiger partial charge in [0.15, 0.2) is 14.1 Å². The summed E-state index contributed by atoms with van der Waals surface area (Å²) in [7, 11) is -0.139. The number of hydrogen-bond donors (Lipinski definition) is 0. The zero-order valence-electron chi connectivity index (χ0n) is 16.0. The minimum absolute atomic E-state index is 0.0732. The van der Waals surface area contributed by atoms with Crippen LogP contribution in [0.3, 0.4) is 0 Å². The fourth-order valence-electron chi connectivity index (χ4n) is 2.66. The number of unbranched alkanes of at least 4 members (excludes halogenated alkanes) is 1. The smallest absolute Gasteiger partial charge is 0.305 e. The summed E-state index contributed by atoms with van der Waals surface area (Å²) < 4.78 is 10.7. The average Bonchev–Trinajstić information content (AvgIpc) is 2.91. The highest BCUT2D eigenvalue weighted by atomic mass is 28.4. The predicted octanol–water partition coefficient (Wildman–Crippen LogP) is 4.81. The van der Waals surface area contributed by atoms with Crippen LogP contribution < -0.4 is 0 Å². The lowest BCUT2D eigenvalue weighted by molar-refractivity contribution is -0.140. The van der Waals surface area contributed by atoms with Crippen molar-refractivity contribution in [2.75, 3.05) is 7.11 Å². The van der Waals surface area contributed by atoms with Gasteiger partial charge in [-0.1, -0.05) is 32.9 Å². The van der Waals surface area contributed by atoms with Crippen molar-refractivity contribution in [2.24, 2.45) is 0 Å². The van der Waals surface area contributed by atoms with Gasteiger partial charge in [-0.25, -0.2) is 0 Å². The number of esters is 1. The molecule has 1 atom stereocenters. The van der Waals surface area contributed by atoms with Crippen LogP contribution >= 0.6 is 0 Å². The quantitative estimate of drug-likeness (QED) is 0.258. The lowest BCUT2D eigenvalue weighted by atomic mass is 10.2. The topological polar surface area (TPSA) is 52.6 Å². The number of ketones is 1. The molecule has 0 saturated carbocycles. The first-order valence-electron chi connectivity index (χ1n) is 8.95. The SMILES string of the molecule is C=CCCCC(=O)OC.CC[Si](CC)(CC)OC1C=C(C)C(=O)C1. The summed E-state index contributed by atoms with van der Waals surface area (Å²) in [5, 5.41) is 0. The highest BCUT2D eigenvalue weighted by Crippen LogP contribution is 2.27. The first kappa shape index (κ1) is 22.8. The van der Waals surface area contributed by atoms with Crippen LogP contribution in [-0.4, -0.2) is 33.3 Å². The molecule has 0 bridgehead atoms. The molecule has 1 unspecified atom stereocenters. The van der Waals surface area contributed by atoms with Crippen molar-refractivity contribution in [1.29, 1.82) is 0 Å². The Morgan fingerprint density at radius 3 is 2.29 bits per heavy atom. The van der Waals surface area contributed by atoms with E-state index in [1.165, 1.54) is 7.11 Å². The Bertz CT molecular complexity index is 430. The molecule has 0 aromatic heterocycles. The number of methoxy groups -OCH3 is 1. The summed E-state index contributed by atoms with van der Waals surface area (Å²) in [6.45, 7) is 12.1. The Balaban J connectivity index is 0.000000506. The molecule has 4 nitrogen and oxygen atoms in total. The lowest BCUT2D eigenvalue weighted by Gasteiger charge is -2.30. The minimum atomic E-state index is -1.54. The maximum atomic E-state index is 11.4. The fourth-order valence-corrected chi connectivity index (χ4v) is 5.46. The molecule has 0 aromatic carbocycles. The van der Waals surface area contributed by atoms with Crippen LogP contribution in [0, 0.1) is 0 Å². The molecule has 1 rings (SSSR count). The molecule has 0 N–H and O–H groups in total. The number of carbonyl (C=O) groups is 2. The van der Waals surface area contributed by atoms with Gasteiger partial charge < -0.3 is 9.16 Å². The number of allylic oxidation sites excluding steroid dienone is 2. The minimum Gasteiger partial charge on any atom is -0.469 e. The summed E-state index contributed by atoms with van der Waals surface area (Å²) in [5.74, 6) is 0.114. The molecule has 138 valence electrons. The van der Waals surface area contributed by atoms with Gasteiger partial charge in [0.2, 0.25) is 0 Å². The van der Waals surface area contributed by atoms with E-state index in [1.807, 2.05) is 13.0 Å². The molecule has 0 radical (unpaired) electrons. The van der Waals surface area contributed by atoms with Gasteiger partial charge in [0.05, 0.1) is 13.2 Å². The summed E-state index contributed by atoms with van der Waals surface area (Å²) in [6, 6.07) is 3.45. The van der Waals surface area contributed by atoms with E-state index in [-0.39, 0.29) is 17.9 Å². The van der Waals surface area contributed by atoms with E-state index >= 15 is 0 Å². The van der Waals surface area contributed by atoms with Gasteiger partial charge in [0, 0.05) is 12.8 Å². The summed E-state index contributed by atoms with van der Waals surface area (Å²) in [4.78, 5) is 21.8. The standard InChI is InChI=1S/C12H22O2Si.C7H12O2/c1-5-15(6-2,7-3)14-11-8-10(4)12(13)9-11;1-3-4-5-6-7(8)9-2/h8,11H,5-7,9H2,1-4H3;3H,1,4-6H2,2H3. The van der Waals surface area contributed by atoms with Crippen molar-refractivity contribution in [3.05, 3.63) is 24.3 Å². The van der Waals surface area contributed by atoms with Crippen molar-refractivity contribution in [3.63, 3.8) is 0 Å². The number of rotatable bonds is 9. The highest BCUT2D eigenvalue weighted by molar-refractivity contribution is 6.73. The second kappa shape index (κ2) is 12.2. The Kier molecular flexibility index (Phi) is 11.6. The van der Waals surface area contributed by atoms with Crippen LogP contribution in [0.1, 0.15) is 53.4 Å². The molecule has 1 aliphatic rings. The summed E-state index contributed by atoms with van der Waals surface area (Å²) >= 11 is 0. The van der Waals surface area contributed by atoms with Crippen molar-refractivity contribution in [2.45, 2.75) is 77.6 Å². The number of hydrogen-bond acceptors (Lipinski definition) is 4. The largest absolute Gasteiger partial charge is 0.469 e. The molecule has 24 heavy (non-hydrogen) atoms. The van der Waals surface area contributed by atoms with Gasteiger partial charge in [0.25, 0.3) is 0 Å². The molecular weight excluding hydrogens is 320 g/mol. The number of carbonyl (C=O) groups excluding carboxylic acids is 2. The molecule has 0 saturated heterocycles. The molecule has 0 heterocycles. The van der Waals surface area contributed by atoms with Gasteiger partial charge in [-0.05, 0) is 43.5 Å². The Morgan fingerprint density at radius 1 is 1.33 bits per heavy atom. The van der Waals surface area contributed by atoms with E-state index in [2.05, 4.69) is 32.1 Å². The maximum absolute atomic E-state index is 11.4. The second-order valence-corrected chi connectivity index (χ2v) is 10.9. The maximum Gasteiger partial charge on any atom is 0.305 e. The number of ether oxygens (including phenoxy) is 1. The van der Waals surface area contributed by atoms with E-state index in [4.69, 9.17) is 4.43 Å². The molecule has 1 aliphatic carbocycles. The van der Waals surface area contributed by atoms with Crippen molar-refractivity contribution < 1.29 is 18.8 Å². The molecule has 0 spiro atoms. The Morgan fingerprint density at radius 2 is 1.92 bits per heavy atom. The first-order chi connectivity index (χ1) is 11.4. The molecule has 0 aliphatic heterocycles. The Labute approximate surface area is 148 Å². The van der Waals surface area contributed by atoms with Crippen molar-refractivity contribution >= 4 is 20.1 Å². The molecule has 5 heteroatoms. The predicted molar refractivity (Wildman–Crippen MR) is 102 cm³/mol. The summed E-state index contributed by atoms with van der Waals surface area (Å²) in [5.41, 5.74) is 0.881. The monoisotopic (exact) mass is 354 g/mol. The second-order valence-electron chi connectivity index (χ2n) is 6.13. The summed E-state index contributed by atoms with van der Waals surface area (Å²) in [6.07, 6.45) is 6.67. The normalized spacial score (nSPS) is 17.0.